The maximum absolute atomic E-state index is 15.5. The lowest BCUT2D eigenvalue weighted by Crippen LogP contribution is -2.51. The molecule has 7 rings (SSSR count). The van der Waals surface area contributed by atoms with Crippen LogP contribution in [0.3, 0.4) is 0 Å². The Kier molecular flexibility index (Phi) is 12.6. The largest absolute Gasteiger partial charge is 0.493 e. The third-order valence-corrected chi connectivity index (χ3v) is 10.9. The molecule has 3 aliphatic rings. The van der Waals surface area contributed by atoms with Gasteiger partial charge in [0.05, 0.1) is 68.0 Å². The standard InChI is InChI=1S/C42H49FN8O8/c1-24(2)36(49-42(55)57-4)40(53)51-16-8-10-34(51)38-45-29-20-26(28(43)21-30(29)46-38)13-11-25-12-14-27-31-22-44-37(47-31)33-9-7-15-50(33)39(52)32(48-41(54)56-3)23-58-17-5-6-18-59-35(27)19-25/h12,14,19-22,24,32-34,36H,5-10,15-18,23H2,1-4H3,(H,44,47)(H,45,46)(H,48,54)(H,49,55)/t32-,33-,34-,36-/m0/s1. The Hall–Kier alpha value is -6.15. The van der Waals surface area contributed by atoms with Gasteiger partial charge in [0.15, 0.2) is 0 Å². The van der Waals surface area contributed by atoms with Crippen molar-refractivity contribution in [3.63, 3.8) is 0 Å². The summed E-state index contributed by atoms with van der Waals surface area (Å²) in [5, 5.41) is 5.27. The smallest absolute Gasteiger partial charge is 0.407 e. The molecule has 59 heavy (non-hydrogen) atoms. The summed E-state index contributed by atoms with van der Waals surface area (Å²) in [4.78, 5) is 70.8. The number of rotatable bonds is 5. The second-order valence-electron chi connectivity index (χ2n) is 15.2. The molecular formula is C42H49FN8O8. The molecule has 3 aliphatic heterocycles. The van der Waals surface area contributed by atoms with Crippen molar-refractivity contribution in [2.45, 2.75) is 76.5 Å². The molecule has 2 saturated heterocycles. The summed E-state index contributed by atoms with van der Waals surface area (Å²) < 4.78 is 37.2. The van der Waals surface area contributed by atoms with Crippen molar-refractivity contribution in [1.29, 1.82) is 0 Å². The second-order valence-corrected chi connectivity index (χ2v) is 15.2. The molecule has 2 aromatic heterocycles. The van der Waals surface area contributed by atoms with Gasteiger partial charge in [0.1, 0.15) is 35.3 Å². The number of carbonyl (C=O) groups excluding carboxylic acids is 4. The Morgan fingerprint density at radius 3 is 2.53 bits per heavy atom. The number of amides is 4. The molecule has 0 aliphatic carbocycles. The summed E-state index contributed by atoms with van der Waals surface area (Å²) in [5.41, 5.74) is 3.20. The fourth-order valence-electron chi connectivity index (χ4n) is 7.80. The van der Waals surface area contributed by atoms with Crippen LogP contribution in [0.4, 0.5) is 14.0 Å². The first-order valence-electron chi connectivity index (χ1n) is 20.0. The van der Waals surface area contributed by atoms with Gasteiger partial charge in [0.2, 0.25) is 11.8 Å². The number of fused-ring (bicyclic) bond motifs is 7. The molecule has 5 heterocycles. The van der Waals surface area contributed by atoms with E-state index in [2.05, 4.69) is 42.4 Å². The number of likely N-dealkylation sites (tertiary alicyclic amines) is 1. The molecule has 312 valence electrons. The normalized spacial score (nSPS) is 20.2. The van der Waals surface area contributed by atoms with E-state index in [4.69, 9.17) is 18.9 Å². The lowest BCUT2D eigenvalue weighted by molar-refractivity contribution is -0.136. The summed E-state index contributed by atoms with van der Waals surface area (Å²) in [6, 6.07) is 6.08. The highest BCUT2D eigenvalue weighted by atomic mass is 19.1. The van der Waals surface area contributed by atoms with E-state index in [1.54, 1.807) is 22.1 Å². The molecule has 4 N–H and O–H groups in total. The number of H-pyrrole nitrogens is 2. The second kappa shape index (κ2) is 18.2. The Labute approximate surface area is 340 Å². The SMILES string of the molecule is COC(=O)N[C@H]1COCCCCOc2cc(C#Cc3cc4[nH]c([C@@H]5CCCN5C(=O)[C@@H](NC(=O)OC)C(C)C)nc4cc3F)ccc2-c2cnc([nH]2)[C@@H]2CCCN2C1=O. The predicted octanol–water partition coefficient (Wildman–Crippen LogP) is 5.11. The van der Waals surface area contributed by atoms with E-state index in [0.29, 0.717) is 91.7 Å². The number of nitrogens with zero attached hydrogens (tertiary/aromatic N) is 4. The summed E-state index contributed by atoms with van der Waals surface area (Å²) in [6.07, 6.45) is 4.49. The van der Waals surface area contributed by atoms with Crippen molar-refractivity contribution in [3.05, 3.63) is 65.1 Å². The molecule has 2 bridgehead atoms. The third-order valence-electron chi connectivity index (χ3n) is 10.9. The van der Waals surface area contributed by atoms with Gasteiger partial charge in [0.25, 0.3) is 0 Å². The molecule has 4 amide bonds. The van der Waals surface area contributed by atoms with Gasteiger partial charge in [0, 0.05) is 36.9 Å². The summed E-state index contributed by atoms with van der Waals surface area (Å²) in [5.74, 6) is 6.56. The number of methoxy groups -OCH3 is 2. The lowest BCUT2D eigenvalue weighted by Gasteiger charge is -2.29. The average Bonchev–Trinajstić information content (AvgIpc) is 4.07. The number of alkyl carbamates (subject to hydrolysis) is 2. The number of halogens is 1. The highest BCUT2D eigenvalue weighted by Crippen LogP contribution is 2.36. The predicted molar refractivity (Wildman–Crippen MR) is 212 cm³/mol. The fourth-order valence-corrected chi connectivity index (χ4v) is 7.80. The van der Waals surface area contributed by atoms with Crippen molar-refractivity contribution in [1.82, 2.24) is 40.4 Å². The van der Waals surface area contributed by atoms with E-state index in [1.807, 2.05) is 32.0 Å². The van der Waals surface area contributed by atoms with Crippen LogP contribution in [0.2, 0.25) is 0 Å². The van der Waals surface area contributed by atoms with E-state index in [1.165, 1.54) is 20.3 Å². The minimum atomic E-state index is -0.906. The molecule has 4 atom stereocenters. The minimum absolute atomic E-state index is 0.00202. The van der Waals surface area contributed by atoms with Crippen LogP contribution in [0.15, 0.2) is 36.5 Å². The van der Waals surface area contributed by atoms with Gasteiger partial charge in [-0.05, 0) is 68.7 Å². The Bertz CT molecular complexity index is 2260. The van der Waals surface area contributed by atoms with Gasteiger partial charge >= 0.3 is 12.2 Å². The van der Waals surface area contributed by atoms with Gasteiger partial charge < -0.3 is 49.3 Å². The van der Waals surface area contributed by atoms with Crippen LogP contribution in [0.25, 0.3) is 22.3 Å². The maximum atomic E-state index is 15.5. The van der Waals surface area contributed by atoms with Crippen LogP contribution >= 0.6 is 0 Å². The summed E-state index contributed by atoms with van der Waals surface area (Å²) >= 11 is 0. The number of ether oxygens (including phenoxy) is 4. The molecule has 2 fully saturated rings. The van der Waals surface area contributed by atoms with E-state index in [0.717, 1.165) is 18.4 Å². The molecule has 0 spiro atoms. The molecular weight excluding hydrogens is 764 g/mol. The van der Waals surface area contributed by atoms with Crippen LogP contribution in [0, 0.1) is 23.6 Å². The molecule has 0 unspecified atom stereocenters. The zero-order valence-corrected chi connectivity index (χ0v) is 33.6. The fraction of sp³-hybridized carbons (Fsp3) is 0.476. The zero-order valence-electron chi connectivity index (χ0n) is 33.6. The van der Waals surface area contributed by atoms with Gasteiger partial charge in [-0.1, -0.05) is 25.7 Å². The highest BCUT2D eigenvalue weighted by molar-refractivity contribution is 5.87. The molecule has 2 aromatic carbocycles. The van der Waals surface area contributed by atoms with Crippen molar-refractivity contribution >= 4 is 35.0 Å². The van der Waals surface area contributed by atoms with Crippen LogP contribution < -0.4 is 15.4 Å². The summed E-state index contributed by atoms with van der Waals surface area (Å²) in [6.45, 7) is 5.43. The third kappa shape index (κ3) is 9.12. The Morgan fingerprint density at radius 1 is 0.949 bits per heavy atom. The van der Waals surface area contributed by atoms with Crippen molar-refractivity contribution in [3.8, 4) is 28.8 Å². The van der Waals surface area contributed by atoms with E-state index >= 15 is 4.39 Å². The zero-order chi connectivity index (χ0) is 41.6. The van der Waals surface area contributed by atoms with Crippen LogP contribution in [-0.2, 0) is 23.8 Å². The molecule has 4 aromatic rings. The number of hydrogen-bond donors (Lipinski definition) is 4. The van der Waals surface area contributed by atoms with Crippen molar-refractivity contribution in [2.24, 2.45) is 5.92 Å². The number of nitrogens with one attached hydrogen (secondary N) is 4. The van der Waals surface area contributed by atoms with Crippen molar-refractivity contribution in [2.75, 3.05) is 47.1 Å². The average molecular weight is 813 g/mol. The summed E-state index contributed by atoms with van der Waals surface area (Å²) in [7, 11) is 2.50. The molecule has 0 saturated carbocycles. The lowest BCUT2D eigenvalue weighted by atomic mass is 10.0. The van der Waals surface area contributed by atoms with Crippen LogP contribution in [0.5, 0.6) is 5.75 Å². The first kappa shape index (κ1) is 41.0. The minimum Gasteiger partial charge on any atom is -0.493 e. The number of benzene rings is 2. The maximum Gasteiger partial charge on any atom is 0.407 e. The number of imidazole rings is 2. The first-order valence-corrected chi connectivity index (χ1v) is 20.0. The van der Waals surface area contributed by atoms with Gasteiger partial charge in [-0.2, -0.15) is 0 Å². The van der Waals surface area contributed by atoms with Gasteiger partial charge in [-0.3, -0.25) is 9.59 Å². The van der Waals surface area contributed by atoms with Gasteiger partial charge in [-0.15, -0.1) is 0 Å². The van der Waals surface area contributed by atoms with E-state index in [9.17, 15) is 19.2 Å². The Balaban J connectivity index is 1.12. The van der Waals surface area contributed by atoms with Crippen molar-refractivity contribution < 1.29 is 42.5 Å². The monoisotopic (exact) mass is 812 g/mol. The number of hydrogen-bond acceptors (Lipinski definition) is 10. The van der Waals surface area contributed by atoms with Gasteiger partial charge in [-0.25, -0.2) is 23.9 Å². The topological polar surface area (TPSA) is 193 Å². The number of aromatic amines is 2. The van der Waals surface area contributed by atoms with E-state index < -0.39 is 30.1 Å². The number of carbonyl (C=O) groups is 4. The highest BCUT2D eigenvalue weighted by Gasteiger charge is 2.38. The van der Waals surface area contributed by atoms with Crippen LogP contribution in [-0.4, -0.2) is 113 Å². The molecule has 17 heteroatoms. The quantitative estimate of drug-likeness (QED) is 0.197. The molecule has 0 radical (unpaired) electrons. The number of aromatic nitrogens is 4. The molecule has 16 nitrogen and oxygen atoms in total. The Morgan fingerprint density at radius 2 is 1.73 bits per heavy atom. The van der Waals surface area contributed by atoms with Crippen LogP contribution in [0.1, 0.15) is 87.2 Å². The first-order chi connectivity index (χ1) is 28.5. The van der Waals surface area contributed by atoms with E-state index in [-0.39, 0.29) is 42.0 Å².